The maximum atomic E-state index is 13.1. The van der Waals surface area contributed by atoms with Gasteiger partial charge in [0.1, 0.15) is 37.7 Å². The lowest BCUT2D eigenvalue weighted by atomic mass is 9.77. The number of rotatable bonds is 10. The van der Waals surface area contributed by atoms with Crippen LogP contribution >= 0.6 is 0 Å². The molecule has 0 bridgehead atoms. The van der Waals surface area contributed by atoms with Crippen molar-refractivity contribution in [2.75, 3.05) is 34.4 Å². The topological polar surface area (TPSA) is 102 Å². The minimum atomic E-state index is -1.26. The predicted octanol–water partition coefficient (Wildman–Crippen LogP) is 3.68. The van der Waals surface area contributed by atoms with Crippen LogP contribution in [0.3, 0.4) is 0 Å². The second-order valence-electron chi connectivity index (χ2n) is 9.42. The summed E-state index contributed by atoms with van der Waals surface area (Å²) in [6, 6.07) is 1.79. The molecule has 0 radical (unpaired) electrons. The van der Waals surface area contributed by atoms with Crippen molar-refractivity contribution in [2.24, 2.45) is 5.92 Å². The second-order valence-corrected chi connectivity index (χ2v) is 9.42. The Morgan fingerprint density at radius 2 is 2.00 bits per heavy atom. The first kappa shape index (κ1) is 27.9. The monoisotopic (exact) mass is 507 g/mol. The quantitative estimate of drug-likeness (QED) is 0.365. The van der Waals surface area contributed by atoms with Crippen LogP contribution in [0.5, 0.6) is 5.88 Å². The van der Waals surface area contributed by atoms with Crippen LogP contribution in [0, 0.1) is 11.7 Å². The van der Waals surface area contributed by atoms with Crippen LogP contribution in [0.2, 0.25) is 0 Å². The molecule has 1 saturated heterocycles. The molecule has 1 amide bonds. The number of aromatic nitrogens is 1. The molecule has 3 atom stereocenters. The normalized spacial score (nSPS) is 25.8. The molecule has 0 spiro atoms. The molecule has 2 aliphatic heterocycles. The fraction of sp³-hybridized carbons (Fsp3) is 0.615. The molecule has 2 N–H and O–H groups in total. The molecular weight excluding hydrogens is 469 g/mol. The van der Waals surface area contributed by atoms with Crippen molar-refractivity contribution in [3.05, 3.63) is 48.3 Å². The molecule has 9 nitrogen and oxygen atoms in total. The van der Waals surface area contributed by atoms with Gasteiger partial charge in [0.05, 0.1) is 12.2 Å². The average molecular weight is 508 g/mol. The number of hydrogen-bond acceptors (Lipinski definition) is 8. The highest BCUT2D eigenvalue weighted by molar-refractivity contribution is 5.93. The van der Waals surface area contributed by atoms with Crippen LogP contribution < -0.4 is 10.1 Å². The van der Waals surface area contributed by atoms with E-state index in [1.807, 2.05) is 0 Å². The van der Waals surface area contributed by atoms with Crippen LogP contribution in [0.1, 0.15) is 45.4 Å². The van der Waals surface area contributed by atoms with Gasteiger partial charge in [0.25, 0.3) is 5.91 Å². The summed E-state index contributed by atoms with van der Waals surface area (Å²) in [4.78, 5) is 18.4. The van der Waals surface area contributed by atoms with Gasteiger partial charge in [-0.05, 0) is 24.1 Å². The summed E-state index contributed by atoms with van der Waals surface area (Å²) in [5, 5.41) is 12.9. The van der Waals surface area contributed by atoms with Crippen molar-refractivity contribution in [3.63, 3.8) is 0 Å². The molecule has 0 aromatic carbocycles. The summed E-state index contributed by atoms with van der Waals surface area (Å²) in [6.07, 6.45) is 13.4. The van der Waals surface area contributed by atoms with Crippen LogP contribution in [0.25, 0.3) is 0 Å². The summed E-state index contributed by atoms with van der Waals surface area (Å²) in [6.45, 7) is 2.37. The third kappa shape index (κ3) is 7.18. The van der Waals surface area contributed by atoms with Gasteiger partial charge >= 0.3 is 0 Å². The number of nitrogens with one attached hydrogen (secondary N) is 1. The zero-order valence-corrected chi connectivity index (χ0v) is 21.3. The van der Waals surface area contributed by atoms with Gasteiger partial charge < -0.3 is 34.3 Å². The number of hydrogen-bond donors (Lipinski definition) is 2. The van der Waals surface area contributed by atoms with Crippen molar-refractivity contribution < 1.29 is 33.2 Å². The fourth-order valence-corrected chi connectivity index (χ4v) is 4.76. The van der Waals surface area contributed by atoms with Crippen molar-refractivity contribution in [3.8, 4) is 5.88 Å². The zero-order chi connectivity index (χ0) is 26.0. The van der Waals surface area contributed by atoms with Crippen molar-refractivity contribution in [1.29, 1.82) is 0 Å². The van der Waals surface area contributed by atoms with Gasteiger partial charge in [0.2, 0.25) is 5.88 Å². The average Bonchev–Trinajstić information content (AvgIpc) is 2.88. The minimum Gasteiger partial charge on any atom is -0.508 e. The molecule has 1 aromatic rings. The summed E-state index contributed by atoms with van der Waals surface area (Å²) in [5.74, 6) is 0.604. The van der Waals surface area contributed by atoms with Crippen molar-refractivity contribution in [2.45, 2.75) is 63.1 Å². The number of methoxy groups -OCH3 is 2. The lowest BCUT2D eigenvalue weighted by Gasteiger charge is -2.55. The molecule has 36 heavy (non-hydrogen) atoms. The van der Waals surface area contributed by atoms with Crippen LogP contribution in [0.15, 0.2) is 42.4 Å². The number of halogens is 1. The third-order valence-electron chi connectivity index (χ3n) is 6.68. The number of allylic oxidation sites excluding steroid dienone is 1. The second kappa shape index (κ2) is 13.6. The van der Waals surface area contributed by atoms with Crippen molar-refractivity contribution >= 4 is 5.91 Å². The summed E-state index contributed by atoms with van der Waals surface area (Å²) >= 11 is 0. The van der Waals surface area contributed by atoms with Gasteiger partial charge in [-0.15, -0.1) is 0 Å². The van der Waals surface area contributed by atoms with E-state index in [0.29, 0.717) is 0 Å². The molecule has 10 heteroatoms. The number of amides is 1. The van der Waals surface area contributed by atoms with E-state index in [1.165, 1.54) is 69.4 Å². The first-order valence-electron chi connectivity index (χ1n) is 12.4. The smallest absolute Gasteiger partial charge is 0.259 e. The van der Waals surface area contributed by atoms with E-state index in [-0.39, 0.29) is 50.1 Å². The molecule has 3 heterocycles. The lowest BCUT2D eigenvalue weighted by molar-refractivity contribution is -0.239. The predicted molar refractivity (Wildman–Crippen MR) is 132 cm³/mol. The zero-order valence-electron chi connectivity index (χ0n) is 21.3. The number of aliphatic hydroxyl groups excluding tert-OH is 1. The number of carbonyl (C=O) groups excluding carboxylic acids is 1. The maximum absolute atomic E-state index is 13.1. The molecule has 1 aliphatic carbocycles. The Labute approximate surface area is 212 Å². The highest BCUT2D eigenvalue weighted by Crippen LogP contribution is 2.39. The SMILES string of the molecule is CC1CCCCC1.COCOC1(CC2C=C(O)C=CN2)C(=O)N(COC)C1COc1ccc(F)cn1. The number of aliphatic hydroxyl groups is 1. The van der Waals surface area contributed by atoms with E-state index in [4.69, 9.17) is 18.9 Å². The van der Waals surface area contributed by atoms with Crippen LogP contribution in [-0.4, -0.2) is 72.9 Å². The fourth-order valence-electron chi connectivity index (χ4n) is 4.76. The number of nitrogens with zero attached hydrogens (tertiary/aromatic N) is 2. The molecule has 1 aromatic heterocycles. The maximum Gasteiger partial charge on any atom is 0.259 e. The largest absolute Gasteiger partial charge is 0.508 e. The van der Waals surface area contributed by atoms with E-state index >= 15 is 0 Å². The molecule has 200 valence electrons. The van der Waals surface area contributed by atoms with Gasteiger partial charge in [-0.1, -0.05) is 39.0 Å². The molecule has 4 rings (SSSR count). The van der Waals surface area contributed by atoms with E-state index in [9.17, 15) is 14.3 Å². The van der Waals surface area contributed by atoms with Gasteiger partial charge in [0.15, 0.2) is 5.60 Å². The van der Waals surface area contributed by atoms with E-state index in [0.717, 1.165) is 12.1 Å². The third-order valence-corrected chi connectivity index (χ3v) is 6.68. The number of dihydropyridines is 1. The van der Waals surface area contributed by atoms with Crippen molar-refractivity contribution in [1.82, 2.24) is 15.2 Å². The Balaban J connectivity index is 0.000000444. The first-order valence-corrected chi connectivity index (χ1v) is 12.4. The van der Waals surface area contributed by atoms with Gasteiger partial charge in [-0.25, -0.2) is 9.37 Å². The highest BCUT2D eigenvalue weighted by atomic mass is 19.1. The van der Waals surface area contributed by atoms with Crippen LogP contribution in [0.4, 0.5) is 4.39 Å². The Morgan fingerprint density at radius 1 is 1.22 bits per heavy atom. The Bertz CT molecular complexity index is 890. The van der Waals surface area contributed by atoms with E-state index in [2.05, 4.69) is 17.2 Å². The first-order chi connectivity index (χ1) is 17.4. The molecule has 2 fully saturated rings. The number of likely N-dealkylation sites (tertiary alicyclic amines) is 1. The number of pyridine rings is 1. The van der Waals surface area contributed by atoms with Gasteiger partial charge in [0, 0.05) is 32.9 Å². The standard InChI is InChI=1S/C19H24FN3O6.C7H14/c1-26-11-23-16(10-28-17-4-3-13(20)9-22-17)19(18(23)25,29-12-27-2)8-14-7-15(24)5-6-21-14;1-7-5-3-2-4-6-7/h3-7,9,14,16,21,24H,8,10-12H2,1-2H3;7H,2-6H2,1H3. The minimum absolute atomic E-state index is 0.0513. The Morgan fingerprint density at radius 3 is 2.58 bits per heavy atom. The summed E-state index contributed by atoms with van der Waals surface area (Å²) in [5.41, 5.74) is -1.26. The molecular formula is C26H38FN3O6. The lowest BCUT2D eigenvalue weighted by Crippen LogP contribution is -2.77. The number of β-lactam (4-membered cyclic amide) rings is 1. The number of ether oxygens (including phenoxy) is 4. The van der Waals surface area contributed by atoms with E-state index in [1.54, 1.807) is 12.3 Å². The number of carbonyl (C=O) groups is 1. The molecule has 1 saturated carbocycles. The van der Waals surface area contributed by atoms with Gasteiger partial charge in [-0.3, -0.25) is 4.79 Å². The summed E-state index contributed by atoms with van der Waals surface area (Å²) < 4.78 is 34.8. The Kier molecular flexibility index (Phi) is 10.5. The molecule has 3 unspecified atom stereocenters. The van der Waals surface area contributed by atoms with Gasteiger partial charge in [-0.2, -0.15) is 0 Å². The molecule has 3 aliphatic rings. The highest BCUT2D eigenvalue weighted by Gasteiger charge is 2.63. The van der Waals surface area contributed by atoms with E-state index < -0.39 is 17.5 Å². The van der Waals surface area contributed by atoms with Crippen LogP contribution in [-0.2, 0) is 19.0 Å². The Hall–Kier alpha value is -2.69. The summed E-state index contributed by atoms with van der Waals surface area (Å²) in [7, 11) is 2.95.